The number of ketones is 1. The number of hydrogen-bond donors (Lipinski definition) is 0. The van der Waals surface area contributed by atoms with E-state index < -0.39 is 5.24 Å². The van der Waals surface area contributed by atoms with Gasteiger partial charge in [-0.2, -0.15) is 0 Å². The smallest absolute Gasteiger partial charge is 0.270 e. The summed E-state index contributed by atoms with van der Waals surface area (Å²) >= 11 is 5.05. The highest BCUT2D eigenvalue weighted by Gasteiger charge is 2.09. The number of aliphatic imine (C=N–C) groups is 1. The number of nitrogens with zero attached hydrogens (tertiary/aromatic N) is 1. The third-order valence-corrected chi connectivity index (χ3v) is 1.22. The number of carbonyl (C=O) groups is 2. The summed E-state index contributed by atoms with van der Waals surface area (Å²) in [6, 6.07) is 0. The van der Waals surface area contributed by atoms with Gasteiger partial charge in [-0.25, -0.2) is 0 Å². The Morgan fingerprint density at radius 2 is 2.40 bits per heavy atom. The van der Waals surface area contributed by atoms with Gasteiger partial charge in [0.1, 0.15) is 5.70 Å². The Morgan fingerprint density at radius 1 is 1.70 bits per heavy atom. The lowest BCUT2D eigenvalue weighted by molar-refractivity contribution is -0.114. The first-order valence-corrected chi connectivity index (χ1v) is 3.05. The largest absolute Gasteiger partial charge is 0.294 e. The minimum Gasteiger partial charge on any atom is -0.294 e. The third-order valence-electron chi connectivity index (χ3n) is 1.02. The second kappa shape index (κ2) is 2.75. The molecule has 0 aromatic carbocycles. The number of carbonyl (C=O) groups excluding carboxylic acids is 2. The molecule has 0 fully saturated rings. The van der Waals surface area contributed by atoms with Gasteiger partial charge in [0.2, 0.25) is 0 Å². The molecule has 0 unspecified atom stereocenters. The Bertz CT molecular complexity index is 240. The lowest BCUT2D eigenvalue weighted by Gasteiger charge is -1.97. The summed E-state index contributed by atoms with van der Waals surface area (Å²) in [5, 5.41) is -0.690. The van der Waals surface area contributed by atoms with Gasteiger partial charge in [-0.1, -0.05) is 0 Å². The van der Waals surface area contributed by atoms with Crippen molar-refractivity contribution in [3.05, 3.63) is 11.8 Å². The lowest BCUT2D eigenvalue weighted by Crippen LogP contribution is -2.04. The Hall–Kier alpha value is -0.960. The molecule has 10 heavy (non-hydrogen) atoms. The SMILES string of the molecule is O=C1C=C(C(=O)Cl)N=CC1. The zero-order chi connectivity index (χ0) is 7.56. The highest BCUT2D eigenvalue weighted by molar-refractivity contribution is 6.67. The normalized spacial score (nSPS) is 16.9. The Labute approximate surface area is 62.4 Å². The van der Waals surface area contributed by atoms with Crippen molar-refractivity contribution < 1.29 is 9.59 Å². The molecular weight excluding hydrogens is 154 g/mol. The van der Waals surface area contributed by atoms with E-state index in [-0.39, 0.29) is 17.9 Å². The molecule has 1 aliphatic rings. The minimum atomic E-state index is -0.690. The second-order valence-electron chi connectivity index (χ2n) is 1.79. The van der Waals surface area contributed by atoms with E-state index in [0.717, 1.165) is 6.08 Å². The quantitative estimate of drug-likeness (QED) is 0.526. The van der Waals surface area contributed by atoms with Crippen LogP contribution in [0.15, 0.2) is 16.8 Å². The molecule has 0 aromatic rings. The summed E-state index contributed by atoms with van der Waals surface area (Å²) in [5.41, 5.74) is 0.0258. The first-order chi connectivity index (χ1) is 4.70. The van der Waals surface area contributed by atoms with E-state index in [1.807, 2.05) is 0 Å². The predicted molar refractivity (Wildman–Crippen MR) is 37.1 cm³/mol. The fraction of sp³-hybridized carbons (Fsp3) is 0.167. The fourth-order valence-electron chi connectivity index (χ4n) is 0.590. The molecule has 3 nitrogen and oxygen atoms in total. The van der Waals surface area contributed by atoms with Crippen molar-refractivity contribution in [3.63, 3.8) is 0 Å². The number of hydrogen-bond acceptors (Lipinski definition) is 3. The molecule has 0 N–H and O–H groups in total. The molecule has 0 saturated heterocycles. The van der Waals surface area contributed by atoms with Crippen molar-refractivity contribution in [2.75, 3.05) is 0 Å². The molecule has 0 atom stereocenters. The average molecular weight is 158 g/mol. The van der Waals surface area contributed by atoms with Gasteiger partial charge < -0.3 is 0 Å². The summed E-state index contributed by atoms with van der Waals surface area (Å²) in [4.78, 5) is 24.6. The van der Waals surface area contributed by atoms with E-state index in [0.29, 0.717) is 0 Å². The van der Waals surface area contributed by atoms with Crippen molar-refractivity contribution in [2.24, 2.45) is 4.99 Å². The molecule has 0 saturated carbocycles. The standard InChI is InChI=1S/C6H4ClNO2/c7-6(10)5-3-4(9)1-2-8-5/h2-3H,1H2. The maximum absolute atomic E-state index is 10.6. The maximum atomic E-state index is 10.6. The van der Waals surface area contributed by atoms with Crippen LogP contribution >= 0.6 is 11.6 Å². The molecular formula is C6H4ClNO2. The predicted octanol–water partition coefficient (Wildman–Crippen LogP) is 0.679. The molecule has 52 valence electrons. The van der Waals surface area contributed by atoms with Gasteiger partial charge in [0.05, 0.1) is 0 Å². The Balaban J connectivity index is 2.86. The molecule has 1 aliphatic heterocycles. The maximum Gasteiger partial charge on any atom is 0.270 e. The van der Waals surface area contributed by atoms with E-state index in [4.69, 9.17) is 11.6 Å². The summed E-state index contributed by atoms with van der Waals surface area (Å²) in [7, 11) is 0. The summed E-state index contributed by atoms with van der Waals surface area (Å²) in [6.45, 7) is 0. The number of allylic oxidation sites excluding steroid dienone is 2. The van der Waals surface area contributed by atoms with Crippen molar-refractivity contribution >= 4 is 28.8 Å². The Kier molecular flexibility index (Phi) is 1.97. The number of rotatable bonds is 1. The minimum absolute atomic E-state index is 0.0258. The monoisotopic (exact) mass is 157 g/mol. The zero-order valence-electron chi connectivity index (χ0n) is 5.00. The number of halogens is 1. The summed E-state index contributed by atoms with van der Waals surface area (Å²) in [5.74, 6) is -0.140. The van der Waals surface area contributed by atoms with E-state index in [9.17, 15) is 9.59 Å². The van der Waals surface area contributed by atoms with Gasteiger partial charge in [-0.15, -0.1) is 0 Å². The van der Waals surface area contributed by atoms with Crippen LogP contribution in [-0.2, 0) is 9.59 Å². The topological polar surface area (TPSA) is 46.5 Å². The van der Waals surface area contributed by atoms with Crippen LogP contribution in [0.5, 0.6) is 0 Å². The van der Waals surface area contributed by atoms with Crippen molar-refractivity contribution in [2.45, 2.75) is 6.42 Å². The molecule has 1 rings (SSSR count). The molecule has 4 heteroatoms. The van der Waals surface area contributed by atoms with Gasteiger partial charge in [0.15, 0.2) is 5.78 Å². The van der Waals surface area contributed by atoms with Crippen LogP contribution in [0.25, 0.3) is 0 Å². The van der Waals surface area contributed by atoms with Gasteiger partial charge in [-0.3, -0.25) is 14.6 Å². The molecule has 0 aliphatic carbocycles. The Morgan fingerprint density at radius 3 is 2.80 bits per heavy atom. The molecule has 0 bridgehead atoms. The summed E-state index contributed by atoms with van der Waals surface area (Å²) < 4.78 is 0. The summed E-state index contributed by atoms with van der Waals surface area (Å²) in [6.07, 6.45) is 2.78. The third kappa shape index (κ3) is 1.51. The van der Waals surface area contributed by atoms with Crippen LogP contribution in [0.3, 0.4) is 0 Å². The van der Waals surface area contributed by atoms with Gasteiger partial charge in [-0.05, 0) is 11.6 Å². The van der Waals surface area contributed by atoms with E-state index in [1.54, 1.807) is 0 Å². The molecule has 1 heterocycles. The van der Waals surface area contributed by atoms with Crippen molar-refractivity contribution in [3.8, 4) is 0 Å². The van der Waals surface area contributed by atoms with Crippen molar-refractivity contribution in [1.29, 1.82) is 0 Å². The molecule has 0 aromatic heterocycles. The van der Waals surface area contributed by atoms with E-state index in [2.05, 4.69) is 4.99 Å². The molecule has 0 amide bonds. The molecule has 0 radical (unpaired) electrons. The van der Waals surface area contributed by atoms with Crippen molar-refractivity contribution in [1.82, 2.24) is 0 Å². The zero-order valence-corrected chi connectivity index (χ0v) is 5.76. The van der Waals surface area contributed by atoms with Crippen LogP contribution in [-0.4, -0.2) is 17.2 Å². The van der Waals surface area contributed by atoms with Crippen LogP contribution in [0.4, 0.5) is 0 Å². The van der Waals surface area contributed by atoms with Gasteiger partial charge in [0, 0.05) is 18.7 Å². The fourth-order valence-corrected chi connectivity index (χ4v) is 0.693. The first-order valence-electron chi connectivity index (χ1n) is 2.67. The van der Waals surface area contributed by atoms with Crippen LogP contribution in [0, 0.1) is 0 Å². The first kappa shape index (κ1) is 7.15. The van der Waals surface area contributed by atoms with E-state index in [1.165, 1.54) is 6.21 Å². The second-order valence-corrected chi connectivity index (χ2v) is 2.13. The van der Waals surface area contributed by atoms with Crippen LogP contribution < -0.4 is 0 Å². The van der Waals surface area contributed by atoms with Gasteiger partial charge in [0.25, 0.3) is 5.24 Å². The average Bonchev–Trinajstić information content (AvgIpc) is 1.88. The van der Waals surface area contributed by atoms with Crippen LogP contribution in [0.2, 0.25) is 0 Å². The van der Waals surface area contributed by atoms with Crippen LogP contribution in [0.1, 0.15) is 6.42 Å². The van der Waals surface area contributed by atoms with E-state index >= 15 is 0 Å². The highest BCUT2D eigenvalue weighted by atomic mass is 35.5. The lowest BCUT2D eigenvalue weighted by atomic mass is 10.2. The highest BCUT2D eigenvalue weighted by Crippen LogP contribution is 2.06. The molecule has 0 spiro atoms. The van der Waals surface area contributed by atoms with Gasteiger partial charge >= 0.3 is 0 Å².